The third kappa shape index (κ3) is 1.48. The van der Waals surface area contributed by atoms with Crippen molar-refractivity contribution in [1.82, 2.24) is 4.57 Å². The van der Waals surface area contributed by atoms with Gasteiger partial charge in [-0.15, -0.1) is 0 Å². The molecule has 0 saturated heterocycles. The highest BCUT2D eigenvalue weighted by molar-refractivity contribution is 5.28. The average molecular weight is 193 g/mol. The van der Waals surface area contributed by atoms with Gasteiger partial charge in [-0.1, -0.05) is 0 Å². The minimum atomic E-state index is -0.234. The SMILES string of the molecule is CC(C)(C)n1ccc2c1CCCC2O. The van der Waals surface area contributed by atoms with Crippen molar-refractivity contribution in [2.75, 3.05) is 0 Å². The first-order valence-corrected chi connectivity index (χ1v) is 5.39. The van der Waals surface area contributed by atoms with E-state index in [0.29, 0.717) is 0 Å². The van der Waals surface area contributed by atoms with Crippen molar-refractivity contribution in [1.29, 1.82) is 0 Å². The number of nitrogens with zero attached hydrogens (tertiary/aromatic N) is 1. The molecule has 0 saturated carbocycles. The minimum absolute atomic E-state index is 0.130. The fraction of sp³-hybridized carbons (Fsp3) is 0.667. The lowest BCUT2D eigenvalue weighted by Crippen LogP contribution is -2.24. The summed E-state index contributed by atoms with van der Waals surface area (Å²) in [6, 6.07) is 2.07. The third-order valence-corrected chi connectivity index (χ3v) is 3.00. The van der Waals surface area contributed by atoms with E-state index in [-0.39, 0.29) is 11.6 Å². The molecule has 1 heterocycles. The molecule has 0 amide bonds. The number of aliphatic hydroxyl groups is 1. The van der Waals surface area contributed by atoms with Crippen LogP contribution in [-0.4, -0.2) is 9.67 Å². The molecule has 1 N–H and O–H groups in total. The third-order valence-electron chi connectivity index (χ3n) is 3.00. The van der Waals surface area contributed by atoms with E-state index < -0.39 is 0 Å². The average Bonchev–Trinajstić information content (AvgIpc) is 2.47. The molecule has 14 heavy (non-hydrogen) atoms. The van der Waals surface area contributed by atoms with Crippen LogP contribution in [0.25, 0.3) is 0 Å². The van der Waals surface area contributed by atoms with E-state index in [0.717, 1.165) is 24.8 Å². The summed E-state index contributed by atoms with van der Waals surface area (Å²) in [4.78, 5) is 0. The molecule has 0 aromatic carbocycles. The van der Waals surface area contributed by atoms with Crippen LogP contribution in [0.2, 0.25) is 0 Å². The Morgan fingerprint density at radius 3 is 2.79 bits per heavy atom. The maximum absolute atomic E-state index is 9.83. The maximum Gasteiger partial charge on any atom is 0.0807 e. The van der Waals surface area contributed by atoms with E-state index >= 15 is 0 Å². The number of aromatic nitrogens is 1. The number of hydrogen-bond donors (Lipinski definition) is 1. The highest BCUT2D eigenvalue weighted by Gasteiger charge is 2.25. The zero-order chi connectivity index (χ0) is 10.3. The highest BCUT2D eigenvalue weighted by Crippen LogP contribution is 2.33. The Labute approximate surface area is 85.6 Å². The molecule has 1 atom stereocenters. The quantitative estimate of drug-likeness (QED) is 0.673. The lowest BCUT2D eigenvalue weighted by molar-refractivity contribution is 0.154. The van der Waals surface area contributed by atoms with Gasteiger partial charge in [-0.05, 0) is 46.1 Å². The highest BCUT2D eigenvalue weighted by atomic mass is 16.3. The van der Waals surface area contributed by atoms with Crippen LogP contribution in [0.1, 0.15) is 51.0 Å². The molecule has 1 aliphatic rings. The summed E-state index contributed by atoms with van der Waals surface area (Å²) in [6.07, 6.45) is 5.01. The lowest BCUT2D eigenvalue weighted by Gasteiger charge is -2.28. The number of aliphatic hydroxyl groups excluding tert-OH is 1. The molecular formula is C12H19NO. The van der Waals surface area contributed by atoms with Gasteiger partial charge in [-0.3, -0.25) is 0 Å². The summed E-state index contributed by atoms with van der Waals surface area (Å²) < 4.78 is 2.30. The van der Waals surface area contributed by atoms with Crippen LogP contribution in [-0.2, 0) is 12.0 Å². The monoisotopic (exact) mass is 193 g/mol. The van der Waals surface area contributed by atoms with Gasteiger partial charge in [0.1, 0.15) is 0 Å². The van der Waals surface area contributed by atoms with Crippen molar-refractivity contribution in [2.45, 2.75) is 51.7 Å². The second-order valence-electron chi connectivity index (χ2n) is 5.17. The fourth-order valence-corrected chi connectivity index (χ4v) is 2.30. The van der Waals surface area contributed by atoms with Crippen LogP contribution in [0.4, 0.5) is 0 Å². The maximum atomic E-state index is 9.83. The first-order valence-electron chi connectivity index (χ1n) is 5.39. The molecule has 0 fully saturated rings. The Bertz CT molecular complexity index is 333. The molecule has 78 valence electrons. The van der Waals surface area contributed by atoms with Crippen LogP contribution in [0.3, 0.4) is 0 Å². The van der Waals surface area contributed by atoms with E-state index in [1.54, 1.807) is 0 Å². The van der Waals surface area contributed by atoms with Gasteiger partial charge in [0.15, 0.2) is 0 Å². The van der Waals surface area contributed by atoms with Gasteiger partial charge in [0.05, 0.1) is 6.10 Å². The fourth-order valence-electron chi connectivity index (χ4n) is 2.30. The van der Waals surface area contributed by atoms with Crippen LogP contribution >= 0.6 is 0 Å². The summed E-state index contributed by atoms with van der Waals surface area (Å²) in [7, 11) is 0. The van der Waals surface area contributed by atoms with Crippen molar-refractivity contribution in [2.24, 2.45) is 0 Å². The molecule has 2 rings (SSSR count). The van der Waals surface area contributed by atoms with Crippen molar-refractivity contribution in [3.63, 3.8) is 0 Å². The van der Waals surface area contributed by atoms with E-state index in [4.69, 9.17) is 0 Å². The smallest absolute Gasteiger partial charge is 0.0807 e. The van der Waals surface area contributed by atoms with E-state index in [1.165, 1.54) is 5.69 Å². The summed E-state index contributed by atoms with van der Waals surface area (Å²) in [6.45, 7) is 6.61. The van der Waals surface area contributed by atoms with Crippen LogP contribution in [0, 0.1) is 0 Å². The Kier molecular flexibility index (Phi) is 2.18. The van der Waals surface area contributed by atoms with Gasteiger partial charge in [0.25, 0.3) is 0 Å². The van der Waals surface area contributed by atoms with E-state index in [9.17, 15) is 5.11 Å². The van der Waals surface area contributed by atoms with Crippen molar-refractivity contribution >= 4 is 0 Å². The Morgan fingerprint density at radius 1 is 1.43 bits per heavy atom. The Morgan fingerprint density at radius 2 is 2.14 bits per heavy atom. The number of hydrogen-bond acceptors (Lipinski definition) is 1. The normalized spacial score (nSPS) is 22.1. The minimum Gasteiger partial charge on any atom is -0.388 e. The van der Waals surface area contributed by atoms with Crippen LogP contribution in [0.15, 0.2) is 12.3 Å². The van der Waals surface area contributed by atoms with Gasteiger partial charge in [0, 0.05) is 23.0 Å². The summed E-state index contributed by atoms with van der Waals surface area (Å²) >= 11 is 0. The molecule has 1 aromatic heterocycles. The first-order chi connectivity index (χ1) is 6.50. The van der Waals surface area contributed by atoms with Gasteiger partial charge in [0.2, 0.25) is 0 Å². The predicted molar refractivity (Wildman–Crippen MR) is 57.3 cm³/mol. The van der Waals surface area contributed by atoms with Crippen LogP contribution < -0.4 is 0 Å². The van der Waals surface area contributed by atoms with Gasteiger partial charge in [-0.25, -0.2) is 0 Å². The van der Waals surface area contributed by atoms with Gasteiger partial charge in [-0.2, -0.15) is 0 Å². The van der Waals surface area contributed by atoms with Crippen molar-refractivity contribution in [3.8, 4) is 0 Å². The Hall–Kier alpha value is -0.760. The molecule has 1 aromatic rings. The second-order valence-corrected chi connectivity index (χ2v) is 5.17. The summed E-state index contributed by atoms with van der Waals surface area (Å²) in [5.74, 6) is 0. The van der Waals surface area contributed by atoms with Crippen LogP contribution in [0.5, 0.6) is 0 Å². The standard InChI is InChI=1S/C12H19NO/c1-12(2,3)13-8-7-9-10(13)5-4-6-11(9)14/h7-8,11,14H,4-6H2,1-3H3. The topological polar surface area (TPSA) is 25.2 Å². The van der Waals surface area contributed by atoms with Crippen molar-refractivity contribution < 1.29 is 5.11 Å². The van der Waals surface area contributed by atoms with Gasteiger partial charge < -0.3 is 9.67 Å². The molecule has 2 heteroatoms. The summed E-state index contributed by atoms with van der Waals surface area (Å²) in [5.41, 5.74) is 2.60. The molecule has 1 aliphatic carbocycles. The zero-order valence-electron chi connectivity index (χ0n) is 9.25. The van der Waals surface area contributed by atoms with Gasteiger partial charge >= 0.3 is 0 Å². The second kappa shape index (κ2) is 3.13. The molecule has 2 nitrogen and oxygen atoms in total. The lowest BCUT2D eigenvalue weighted by atomic mass is 9.94. The molecule has 0 spiro atoms. The number of fused-ring (bicyclic) bond motifs is 1. The summed E-state index contributed by atoms with van der Waals surface area (Å²) in [5, 5.41) is 9.83. The number of rotatable bonds is 0. The van der Waals surface area contributed by atoms with E-state index in [2.05, 4.69) is 37.6 Å². The molecule has 0 radical (unpaired) electrons. The first kappa shape index (κ1) is 9.78. The molecule has 1 unspecified atom stereocenters. The Balaban J connectivity index is 2.46. The van der Waals surface area contributed by atoms with Crippen molar-refractivity contribution in [3.05, 3.63) is 23.5 Å². The van der Waals surface area contributed by atoms with E-state index in [1.807, 2.05) is 0 Å². The predicted octanol–water partition coefficient (Wildman–Crippen LogP) is 2.61. The molecule has 0 bridgehead atoms. The molecule has 0 aliphatic heterocycles. The largest absolute Gasteiger partial charge is 0.388 e. The zero-order valence-corrected chi connectivity index (χ0v) is 9.25. The molecular weight excluding hydrogens is 174 g/mol.